The van der Waals surface area contributed by atoms with Crippen LogP contribution < -0.4 is 0 Å². The molecule has 0 aromatic heterocycles. The Hall–Kier alpha value is -0.540. The molecule has 4 heteroatoms. The molecule has 1 rings (SSSR count). The van der Waals surface area contributed by atoms with Crippen LogP contribution in [-0.4, -0.2) is 12.0 Å². The maximum atomic E-state index is 12.0. The van der Waals surface area contributed by atoms with Crippen LogP contribution in [0.3, 0.4) is 0 Å². The first-order valence-corrected chi connectivity index (χ1v) is 6.16. The van der Waals surface area contributed by atoms with E-state index in [4.69, 9.17) is 0 Å². The fourth-order valence-corrected chi connectivity index (χ4v) is 2.66. The van der Waals surface area contributed by atoms with Gasteiger partial charge >= 0.3 is 6.18 Å². The smallest absolute Gasteiger partial charge is 0.299 e. The van der Waals surface area contributed by atoms with Crippen LogP contribution in [0.5, 0.6) is 0 Å². The third kappa shape index (κ3) is 5.09. The van der Waals surface area contributed by atoms with Crippen LogP contribution in [0.2, 0.25) is 0 Å². The highest BCUT2D eigenvalue weighted by atomic mass is 19.4. The zero-order chi connectivity index (χ0) is 13.3. The van der Waals surface area contributed by atoms with Crippen molar-refractivity contribution in [3.63, 3.8) is 0 Å². The van der Waals surface area contributed by atoms with Crippen molar-refractivity contribution in [1.29, 1.82) is 0 Å². The predicted octanol–water partition coefficient (Wildman–Crippen LogP) is 4.36. The number of halogens is 3. The van der Waals surface area contributed by atoms with Gasteiger partial charge in [0.1, 0.15) is 12.2 Å². The van der Waals surface area contributed by atoms with Crippen molar-refractivity contribution in [3.05, 3.63) is 0 Å². The molecule has 0 spiro atoms. The third-order valence-corrected chi connectivity index (χ3v) is 3.68. The highest BCUT2D eigenvalue weighted by molar-refractivity contribution is 5.79. The van der Waals surface area contributed by atoms with E-state index < -0.39 is 18.4 Å². The van der Waals surface area contributed by atoms with Crippen LogP contribution in [0.15, 0.2) is 0 Å². The van der Waals surface area contributed by atoms with E-state index in [9.17, 15) is 18.0 Å². The van der Waals surface area contributed by atoms with Crippen molar-refractivity contribution in [2.45, 2.75) is 59.1 Å². The van der Waals surface area contributed by atoms with Gasteiger partial charge in [-0.3, -0.25) is 4.79 Å². The van der Waals surface area contributed by atoms with E-state index in [0.717, 1.165) is 19.3 Å². The van der Waals surface area contributed by atoms with E-state index in [0.29, 0.717) is 5.92 Å². The minimum Gasteiger partial charge on any atom is -0.299 e. The molecule has 0 aromatic rings. The van der Waals surface area contributed by atoms with Gasteiger partial charge in [0.05, 0.1) is 0 Å². The van der Waals surface area contributed by atoms with Crippen molar-refractivity contribution in [3.8, 4) is 0 Å². The second kappa shape index (κ2) is 4.99. The third-order valence-electron chi connectivity index (χ3n) is 3.68. The summed E-state index contributed by atoms with van der Waals surface area (Å²) >= 11 is 0. The average Bonchev–Trinajstić information content (AvgIpc) is 2.47. The van der Waals surface area contributed by atoms with Gasteiger partial charge in [0.2, 0.25) is 0 Å². The Morgan fingerprint density at radius 2 is 1.76 bits per heavy atom. The number of carbonyl (C=O) groups excluding carboxylic acids is 1. The lowest BCUT2D eigenvalue weighted by atomic mass is 9.79. The van der Waals surface area contributed by atoms with Gasteiger partial charge in [-0.15, -0.1) is 0 Å². The van der Waals surface area contributed by atoms with Crippen LogP contribution >= 0.6 is 0 Å². The molecule has 0 amide bonds. The molecule has 1 fully saturated rings. The summed E-state index contributed by atoms with van der Waals surface area (Å²) in [4.78, 5) is 11.3. The topological polar surface area (TPSA) is 17.1 Å². The summed E-state index contributed by atoms with van der Waals surface area (Å²) in [6.07, 6.45) is -2.68. The minimum atomic E-state index is -4.35. The Bertz CT molecular complexity index is 275. The van der Waals surface area contributed by atoms with Gasteiger partial charge in [-0.05, 0) is 36.5 Å². The van der Waals surface area contributed by atoms with Crippen molar-refractivity contribution in [1.82, 2.24) is 0 Å². The molecule has 0 radical (unpaired) electrons. The quantitative estimate of drug-likeness (QED) is 0.727. The number of alkyl halides is 3. The number of ketones is 1. The van der Waals surface area contributed by atoms with Crippen LogP contribution in [-0.2, 0) is 4.79 Å². The predicted molar refractivity (Wildman–Crippen MR) is 60.6 cm³/mol. The fraction of sp³-hybridized carbons (Fsp3) is 0.923. The van der Waals surface area contributed by atoms with E-state index in [2.05, 4.69) is 20.8 Å². The first-order valence-electron chi connectivity index (χ1n) is 6.16. The van der Waals surface area contributed by atoms with Gasteiger partial charge in [0, 0.05) is 6.42 Å². The van der Waals surface area contributed by atoms with Crippen LogP contribution in [0.1, 0.15) is 52.9 Å². The maximum Gasteiger partial charge on any atom is 0.395 e. The van der Waals surface area contributed by atoms with Crippen molar-refractivity contribution < 1.29 is 18.0 Å². The molecule has 2 atom stereocenters. The Labute approximate surface area is 101 Å². The molecule has 17 heavy (non-hydrogen) atoms. The van der Waals surface area contributed by atoms with E-state index in [1.165, 1.54) is 0 Å². The summed E-state index contributed by atoms with van der Waals surface area (Å²) in [6, 6.07) is 0. The first-order chi connectivity index (χ1) is 7.58. The Morgan fingerprint density at radius 1 is 1.18 bits per heavy atom. The molecule has 0 heterocycles. The summed E-state index contributed by atoms with van der Waals surface area (Å²) in [5.74, 6) is 0.0392. The monoisotopic (exact) mass is 250 g/mol. The molecule has 0 saturated heterocycles. The summed E-state index contributed by atoms with van der Waals surface area (Å²) in [7, 11) is 0. The van der Waals surface area contributed by atoms with Crippen molar-refractivity contribution in [2.75, 3.05) is 0 Å². The van der Waals surface area contributed by atoms with Crippen LogP contribution in [0, 0.1) is 17.3 Å². The second-order valence-corrected chi connectivity index (χ2v) is 6.28. The van der Waals surface area contributed by atoms with Gasteiger partial charge in [-0.25, -0.2) is 0 Å². The van der Waals surface area contributed by atoms with E-state index in [-0.39, 0.29) is 17.8 Å². The molecule has 0 bridgehead atoms. The molecule has 0 aliphatic heterocycles. The Kier molecular flexibility index (Phi) is 4.26. The lowest BCUT2D eigenvalue weighted by Gasteiger charge is -2.26. The summed E-state index contributed by atoms with van der Waals surface area (Å²) in [5, 5.41) is 0. The maximum absolute atomic E-state index is 12.0. The van der Waals surface area contributed by atoms with Crippen LogP contribution in [0.25, 0.3) is 0 Å². The molecule has 1 saturated carbocycles. The van der Waals surface area contributed by atoms with Gasteiger partial charge in [0.15, 0.2) is 0 Å². The number of Topliss-reactive ketones (excluding diaryl/α,β-unsaturated/α-hetero) is 1. The molecule has 1 nitrogen and oxygen atoms in total. The molecule has 0 N–H and O–H groups in total. The lowest BCUT2D eigenvalue weighted by Crippen LogP contribution is -2.19. The summed E-state index contributed by atoms with van der Waals surface area (Å²) < 4.78 is 36.1. The molecule has 0 unspecified atom stereocenters. The first kappa shape index (κ1) is 14.5. The molecule has 1 aliphatic carbocycles. The molecule has 100 valence electrons. The molecular weight excluding hydrogens is 229 g/mol. The summed E-state index contributed by atoms with van der Waals surface area (Å²) in [5.41, 5.74) is 0.196. The zero-order valence-electron chi connectivity index (χ0n) is 10.7. The Balaban J connectivity index is 2.38. The standard InChI is InChI=1S/C13H21F3O/c1-12(2,3)10-5-4-9(6-10)7-11(17)8-13(14,15)16/h9-10H,4-8H2,1-3H3/t9-,10+/m1/s1. The number of carbonyl (C=O) groups is 1. The van der Waals surface area contributed by atoms with Gasteiger partial charge < -0.3 is 0 Å². The fourth-order valence-electron chi connectivity index (χ4n) is 2.66. The summed E-state index contributed by atoms with van der Waals surface area (Å²) in [6.45, 7) is 6.45. The van der Waals surface area contributed by atoms with Crippen LogP contribution in [0.4, 0.5) is 13.2 Å². The largest absolute Gasteiger partial charge is 0.395 e. The van der Waals surface area contributed by atoms with Crippen molar-refractivity contribution >= 4 is 5.78 Å². The number of rotatable bonds is 3. The Morgan fingerprint density at radius 3 is 2.18 bits per heavy atom. The lowest BCUT2D eigenvalue weighted by molar-refractivity contribution is -0.152. The van der Waals surface area contributed by atoms with Crippen molar-refractivity contribution in [2.24, 2.45) is 17.3 Å². The van der Waals surface area contributed by atoms with Gasteiger partial charge in [-0.1, -0.05) is 20.8 Å². The highest BCUT2D eigenvalue weighted by Gasteiger charge is 2.36. The minimum absolute atomic E-state index is 0.103. The SMILES string of the molecule is CC(C)(C)[C@H]1CC[C@@H](CC(=O)CC(F)(F)F)C1. The zero-order valence-corrected chi connectivity index (χ0v) is 10.7. The number of hydrogen-bond donors (Lipinski definition) is 0. The molecule has 0 aromatic carbocycles. The normalized spacial score (nSPS) is 26.2. The number of hydrogen-bond acceptors (Lipinski definition) is 1. The average molecular weight is 250 g/mol. The van der Waals surface area contributed by atoms with Gasteiger partial charge in [-0.2, -0.15) is 13.2 Å². The van der Waals surface area contributed by atoms with E-state index >= 15 is 0 Å². The molecule has 1 aliphatic rings. The van der Waals surface area contributed by atoms with Gasteiger partial charge in [0.25, 0.3) is 0 Å². The molecular formula is C13H21F3O. The van der Waals surface area contributed by atoms with E-state index in [1.54, 1.807) is 0 Å². The van der Waals surface area contributed by atoms with E-state index in [1.807, 2.05) is 0 Å². The second-order valence-electron chi connectivity index (χ2n) is 6.28. The highest BCUT2D eigenvalue weighted by Crippen LogP contribution is 2.43.